The summed E-state index contributed by atoms with van der Waals surface area (Å²) in [6.07, 6.45) is 5.00. The van der Waals surface area contributed by atoms with Crippen LogP contribution in [-0.4, -0.2) is 56.9 Å². The average Bonchev–Trinajstić information content (AvgIpc) is 3.62. The SMILES string of the molecule is Cc1cnc2n1-c1ccc(N3CCC4(CN(C(=O)OC(C)(C)C)C4)C3)cc1Cn1cc(-c3ccc(C#N)cc3)cc1-2. The number of anilines is 1. The van der Waals surface area contributed by atoms with Gasteiger partial charge in [-0.3, -0.25) is 4.57 Å². The number of carbonyl (C=O) groups is 1. The van der Waals surface area contributed by atoms with Crippen LogP contribution in [0.25, 0.3) is 28.3 Å². The molecule has 0 N–H and O–H groups in total. The third kappa shape index (κ3) is 4.37. The van der Waals surface area contributed by atoms with Gasteiger partial charge in [-0.05, 0) is 81.6 Å². The Hall–Kier alpha value is -4.51. The second kappa shape index (κ2) is 9.00. The van der Waals surface area contributed by atoms with E-state index in [2.05, 4.69) is 57.5 Å². The highest BCUT2D eigenvalue weighted by atomic mass is 16.6. The topological polar surface area (TPSA) is 79.3 Å². The quantitative estimate of drug-likeness (QED) is 0.272. The molecule has 5 heterocycles. The van der Waals surface area contributed by atoms with Gasteiger partial charge in [0.25, 0.3) is 0 Å². The van der Waals surface area contributed by atoms with E-state index in [1.165, 1.54) is 11.3 Å². The molecule has 2 saturated heterocycles. The lowest BCUT2D eigenvalue weighted by molar-refractivity contribution is -0.0266. The van der Waals surface area contributed by atoms with E-state index in [0.717, 1.165) is 73.2 Å². The number of rotatable bonds is 2. The zero-order chi connectivity index (χ0) is 28.5. The van der Waals surface area contributed by atoms with Gasteiger partial charge in [-0.15, -0.1) is 0 Å². The van der Waals surface area contributed by atoms with Gasteiger partial charge in [0.05, 0.1) is 23.0 Å². The molecule has 208 valence electrons. The van der Waals surface area contributed by atoms with Crippen LogP contribution in [0.3, 0.4) is 0 Å². The maximum atomic E-state index is 12.5. The fourth-order valence-corrected chi connectivity index (χ4v) is 6.58. The lowest BCUT2D eigenvalue weighted by Gasteiger charge is -2.47. The molecule has 0 unspecified atom stereocenters. The van der Waals surface area contributed by atoms with E-state index in [-0.39, 0.29) is 11.5 Å². The summed E-state index contributed by atoms with van der Waals surface area (Å²) in [7, 11) is 0. The highest BCUT2D eigenvalue weighted by Crippen LogP contribution is 2.43. The average molecular weight is 547 g/mol. The van der Waals surface area contributed by atoms with Gasteiger partial charge >= 0.3 is 6.09 Å². The fourth-order valence-electron chi connectivity index (χ4n) is 6.58. The molecule has 41 heavy (non-hydrogen) atoms. The van der Waals surface area contributed by atoms with Crippen molar-refractivity contribution in [1.82, 2.24) is 19.0 Å². The normalized spacial score (nSPS) is 16.9. The Bertz CT molecular complexity index is 1710. The highest BCUT2D eigenvalue weighted by molar-refractivity contribution is 5.73. The first-order valence-corrected chi connectivity index (χ1v) is 14.2. The van der Waals surface area contributed by atoms with Crippen LogP contribution in [0.4, 0.5) is 10.5 Å². The Labute approximate surface area is 240 Å². The van der Waals surface area contributed by atoms with E-state index >= 15 is 0 Å². The molecular weight excluding hydrogens is 512 g/mol. The maximum Gasteiger partial charge on any atom is 0.410 e. The minimum absolute atomic E-state index is 0.140. The zero-order valence-corrected chi connectivity index (χ0v) is 24.0. The summed E-state index contributed by atoms with van der Waals surface area (Å²) >= 11 is 0. The van der Waals surface area contributed by atoms with Crippen molar-refractivity contribution in [2.24, 2.45) is 5.41 Å². The number of ether oxygens (including phenoxy) is 1. The second-order valence-electron chi connectivity index (χ2n) is 12.8. The number of likely N-dealkylation sites (tertiary alicyclic amines) is 1. The summed E-state index contributed by atoms with van der Waals surface area (Å²) in [6.45, 7) is 12.0. The summed E-state index contributed by atoms with van der Waals surface area (Å²) in [4.78, 5) is 21.7. The standard InChI is InChI=1S/C33H34N6O2/c1-22-16-35-30-29-14-25(24-7-5-23(15-34)6-8-24)17-37(29)18-26-13-27(9-10-28(26)39(22)30)36-12-11-33(19-36)20-38(21-33)31(40)41-32(2,3)4/h5-10,13-14,16-17H,11-12,18-21H2,1-4H3. The van der Waals surface area contributed by atoms with Crippen LogP contribution in [0.1, 0.15) is 44.0 Å². The molecule has 2 fully saturated rings. The van der Waals surface area contributed by atoms with Crippen molar-refractivity contribution in [1.29, 1.82) is 5.26 Å². The number of hydrogen-bond acceptors (Lipinski definition) is 5. The molecular formula is C33H34N6O2. The van der Waals surface area contributed by atoms with Crippen LogP contribution < -0.4 is 4.90 Å². The number of amides is 1. The Balaban J connectivity index is 1.16. The highest BCUT2D eigenvalue weighted by Gasteiger charge is 2.50. The van der Waals surface area contributed by atoms with E-state index in [0.29, 0.717) is 5.56 Å². The van der Waals surface area contributed by atoms with E-state index in [9.17, 15) is 10.1 Å². The van der Waals surface area contributed by atoms with Crippen molar-refractivity contribution >= 4 is 11.8 Å². The third-order valence-electron chi connectivity index (χ3n) is 8.56. The Morgan fingerprint density at radius 2 is 1.83 bits per heavy atom. The molecule has 2 aromatic heterocycles. The number of nitrogens with zero attached hydrogens (tertiary/aromatic N) is 6. The van der Waals surface area contributed by atoms with E-state index in [4.69, 9.17) is 9.72 Å². The molecule has 3 aliphatic rings. The Kier molecular flexibility index (Phi) is 5.59. The van der Waals surface area contributed by atoms with Crippen LogP contribution in [0.15, 0.2) is 60.9 Å². The molecule has 0 bridgehead atoms. The predicted molar refractivity (Wildman–Crippen MR) is 158 cm³/mol. The maximum absolute atomic E-state index is 12.5. The van der Waals surface area contributed by atoms with E-state index in [1.54, 1.807) is 0 Å². The first-order chi connectivity index (χ1) is 19.6. The summed E-state index contributed by atoms with van der Waals surface area (Å²) < 4.78 is 10.1. The molecule has 0 radical (unpaired) electrons. The van der Waals surface area contributed by atoms with Crippen molar-refractivity contribution in [2.75, 3.05) is 31.1 Å². The van der Waals surface area contributed by atoms with Gasteiger partial charge in [0.15, 0.2) is 5.82 Å². The van der Waals surface area contributed by atoms with E-state index in [1.807, 2.05) is 56.1 Å². The minimum Gasteiger partial charge on any atom is -0.444 e. The molecule has 0 aliphatic carbocycles. The number of carbonyl (C=O) groups excluding carboxylic acids is 1. The van der Waals surface area contributed by atoms with Crippen molar-refractivity contribution in [3.05, 3.63) is 77.7 Å². The van der Waals surface area contributed by atoms with Crippen LogP contribution in [0.2, 0.25) is 0 Å². The van der Waals surface area contributed by atoms with Crippen molar-refractivity contribution < 1.29 is 9.53 Å². The van der Waals surface area contributed by atoms with Gasteiger partial charge < -0.3 is 19.1 Å². The molecule has 8 heteroatoms. The first kappa shape index (κ1) is 25.5. The van der Waals surface area contributed by atoms with Gasteiger partial charge in [0.2, 0.25) is 0 Å². The van der Waals surface area contributed by atoms with Crippen LogP contribution in [0, 0.1) is 23.7 Å². The number of fused-ring (bicyclic) bond motifs is 5. The third-order valence-corrected chi connectivity index (χ3v) is 8.56. The number of imidazole rings is 1. The molecule has 8 nitrogen and oxygen atoms in total. The van der Waals surface area contributed by atoms with Gasteiger partial charge in [0.1, 0.15) is 5.60 Å². The van der Waals surface area contributed by atoms with Crippen molar-refractivity contribution in [3.63, 3.8) is 0 Å². The van der Waals surface area contributed by atoms with Gasteiger partial charge in [0, 0.05) is 67.5 Å². The summed E-state index contributed by atoms with van der Waals surface area (Å²) in [5.41, 5.74) is 8.32. The molecule has 1 spiro atoms. The van der Waals surface area contributed by atoms with Crippen LogP contribution in [0.5, 0.6) is 0 Å². The largest absolute Gasteiger partial charge is 0.444 e. The number of hydrogen-bond donors (Lipinski definition) is 0. The lowest BCUT2D eigenvalue weighted by atomic mass is 9.79. The monoisotopic (exact) mass is 546 g/mol. The van der Waals surface area contributed by atoms with E-state index < -0.39 is 5.60 Å². The van der Waals surface area contributed by atoms with Gasteiger partial charge in [-0.25, -0.2) is 9.78 Å². The summed E-state index contributed by atoms with van der Waals surface area (Å²) in [5, 5.41) is 9.20. The molecule has 0 atom stereocenters. The van der Waals surface area contributed by atoms with Crippen molar-refractivity contribution in [3.8, 4) is 34.4 Å². The Morgan fingerprint density at radius 3 is 2.56 bits per heavy atom. The molecule has 2 aromatic carbocycles. The van der Waals surface area contributed by atoms with Crippen molar-refractivity contribution in [2.45, 2.75) is 46.3 Å². The second-order valence-corrected chi connectivity index (χ2v) is 12.8. The molecule has 0 saturated carbocycles. The van der Waals surface area contributed by atoms with Crippen LogP contribution >= 0.6 is 0 Å². The zero-order valence-electron chi connectivity index (χ0n) is 24.0. The number of aryl methyl sites for hydroxylation is 1. The lowest BCUT2D eigenvalue weighted by Crippen LogP contribution is -2.60. The van der Waals surface area contributed by atoms with Gasteiger partial charge in [-0.1, -0.05) is 12.1 Å². The Morgan fingerprint density at radius 1 is 1.05 bits per heavy atom. The number of aromatic nitrogens is 3. The molecule has 7 rings (SSSR count). The number of nitriles is 1. The first-order valence-electron chi connectivity index (χ1n) is 14.2. The smallest absolute Gasteiger partial charge is 0.410 e. The van der Waals surface area contributed by atoms with Crippen LogP contribution in [-0.2, 0) is 11.3 Å². The summed E-state index contributed by atoms with van der Waals surface area (Å²) in [5.74, 6) is 0.936. The number of benzene rings is 2. The molecule has 4 aromatic rings. The fraction of sp³-hybridized carbons (Fsp3) is 0.364. The van der Waals surface area contributed by atoms with Gasteiger partial charge in [-0.2, -0.15) is 5.26 Å². The molecule has 3 aliphatic heterocycles. The minimum atomic E-state index is -0.473. The molecule has 1 amide bonds. The predicted octanol–water partition coefficient (Wildman–Crippen LogP) is 6.00. The summed E-state index contributed by atoms with van der Waals surface area (Å²) in [6, 6.07) is 18.9.